The van der Waals surface area contributed by atoms with Gasteiger partial charge in [0, 0.05) is 22.5 Å². The third-order valence-electron chi connectivity index (χ3n) is 3.86. The Bertz CT molecular complexity index is 851. The molecule has 0 amide bonds. The van der Waals surface area contributed by atoms with Gasteiger partial charge in [0.15, 0.2) is 0 Å². The molecule has 2 nitrogen and oxygen atoms in total. The molecule has 1 aromatic rings. The van der Waals surface area contributed by atoms with Crippen molar-refractivity contribution in [3.05, 3.63) is 47.8 Å². The largest absolute Gasteiger partial charge is 0.461 e. The van der Waals surface area contributed by atoms with E-state index in [1.807, 2.05) is 112 Å². The van der Waals surface area contributed by atoms with Gasteiger partial charge in [0.25, 0.3) is 0 Å². The average Bonchev–Trinajstić information content (AvgIpc) is 3.45. The average molecular weight is 539 g/mol. The van der Waals surface area contributed by atoms with Crippen LogP contribution in [0.4, 0.5) is 0 Å². The van der Waals surface area contributed by atoms with Crippen molar-refractivity contribution in [2.75, 3.05) is 23.9 Å². The highest BCUT2D eigenvalue weighted by molar-refractivity contribution is 8.45. The van der Waals surface area contributed by atoms with E-state index in [2.05, 4.69) is 0 Å². The Hall–Kier alpha value is 1.19. The van der Waals surface area contributed by atoms with Crippen LogP contribution in [0.15, 0.2) is 42.9 Å². The maximum Gasteiger partial charge on any atom is 0.348 e. The zero-order valence-corrected chi connectivity index (χ0v) is 21.7. The molecule has 0 bridgehead atoms. The first kappa shape index (κ1) is 21.1. The van der Waals surface area contributed by atoms with Gasteiger partial charge in [0.05, 0.1) is 32.0 Å². The highest BCUT2D eigenvalue weighted by Crippen LogP contribution is 2.68. The van der Waals surface area contributed by atoms with Gasteiger partial charge < -0.3 is 4.74 Å². The van der Waals surface area contributed by atoms with Crippen LogP contribution in [0.1, 0.15) is 16.1 Å². The summed E-state index contributed by atoms with van der Waals surface area (Å²) in [5.41, 5.74) is 0. The normalized spacial score (nSPS) is 24.6. The van der Waals surface area contributed by atoms with E-state index in [1.165, 1.54) is 48.3 Å². The van der Waals surface area contributed by atoms with Gasteiger partial charge >= 0.3 is 5.97 Å². The smallest absolute Gasteiger partial charge is 0.348 e. The van der Waals surface area contributed by atoms with Crippen LogP contribution < -0.4 is 0 Å². The summed E-state index contributed by atoms with van der Waals surface area (Å²) in [5, 5.41) is 2.42. The fourth-order valence-corrected chi connectivity index (χ4v) is 15.8. The van der Waals surface area contributed by atoms with Crippen molar-refractivity contribution in [3.8, 4) is 0 Å². The standard InChI is InChI=1S/C17H14O2S9/c18-11(10-2-1-5-20-10)19-4-3-9-8-23-14-15(24-9)28-17(27-14)16-25-12-13(26-16)22-7-6-21-12/h1-2,5,9H,3-4,6-8H2/t9-/m1/s1. The minimum Gasteiger partial charge on any atom is -0.461 e. The Labute approximate surface area is 202 Å². The van der Waals surface area contributed by atoms with E-state index in [0.717, 1.165) is 12.2 Å². The molecule has 0 saturated heterocycles. The Morgan fingerprint density at radius 1 is 0.929 bits per heavy atom. The van der Waals surface area contributed by atoms with E-state index in [0.29, 0.717) is 16.7 Å². The third kappa shape index (κ3) is 4.82. The minimum atomic E-state index is -0.191. The van der Waals surface area contributed by atoms with Crippen molar-refractivity contribution in [1.29, 1.82) is 0 Å². The molecule has 4 aliphatic heterocycles. The van der Waals surface area contributed by atoms with E-state index in [4.69, 9.17) is 4.74 Å². The number of hydrogen-bond donors (Lipinski definition) is 0. The van der Waals surface area contributed by atoms with E-state index in [9.17, 15) is 4.79 Å². The van der Waals surface area contributed by atoms with E-state index in [-0.39, 0.29) is 5.97 Å². The van der Waals surface area contributed by atoms with Crippen LogP contribution >= 0.6 is 105 Å². The van der Waals surface area contributed by atoms with Crippen molar-refractivity contribution >= 4 is 111 Å². The maximum atomic E-state index is 12.0. The van der Waals surface area contributed by atoms with Crippen LogP contribution in [0.2, 0.25) is 0 Å². The molecular weight excluding hydrogens is 525 g/mol. The third-order valence-corrected chi connectivity index (χ3v) is 17.1. The molecule has 0 saturated carbocycles. The topological polar surface area (TPSA) is 26.3 Å². The van der Waals surface area contributed by atoms with Crippen molar-refractivity contribution in [1.82, 2.24) is 0 Å². The van der Waals surface area contributed by atoms with Gasteiger partial charge in [0.1, 0.15) is 4.88 Å². The van der Waals surface area contributed by atoms with E-state index >= 15 is 0 Å². The molecule has 0 fully saturated rings. The van der Waals surface area contributed by atoms with Crippen LogP contribution in [0.25, 0.3) is 0 Å². The van der Waals surface area contributed by atoms with Gasteiger partial charge in [-0.05, 0) is 17.9 Å². The molecule has 11 heteroatoms. The summed E-state index contributed by atoms with van der Waals surface area (Å²) in [4.78, 5) is 12.7. The summed E-state index contributed by atoms with van der Waals surface area (Å²) in [5.74, 6) is 3.37. The fourth-order valence-electron chi connectivity index (χ4n) is 2.56. The minimum absolute atomic E-state index is 0.191. The number of carbonyl (C=O) groups is 1. The Balaban J connectivity index is 1.13. The van der Waals surface area contributed by atoms with Gasteiger partial charge in [-0.15, -0.1) is 58.4 Å². The maximum absolute atomic E-state index is 12.0. The lowest BCUT2D eigenvalue weighted by Gasteiger charge is -2.21. The summed E-state index contributed by atoms with van der Waals surface area (Å²) < 4.78 is 14.3. The number of hydrogen-bond acceptors (Lipinski definition) is 11. The zero-order chi connectivity index (χ0) is 18.9. The van der Waals surface area contributed by atoms with Crippen molar-refractivity contribution in [2.45, 2.75) is 11.7 Å². The monoisotopic (exact) mass is 538 g/mol. The Kier molecular flexibility index (Phi) is 7.35. The van der Waals surface area contributed by atoms with E-state index < -0.39 is 0 Å². The Morgan fingerprint density at radius 2 is 1.61 bits per heavy atom. The first-order valence-corrected chi connectivity index (χ1v) is 16.4. The molecule has 0 aliphatic carbocycles. The van der Waals surface area contributed by atoms with Gasteiger partial charge in [-0.1, -0.05) is 53.1 Å². The summed E-state index contributed by atoms with van der Waals surface area (Å²) in [7, 11) is 0. The molecule has 0 radical (unpaired) electrons. The molecule has 0 aromatic carbocycles. The van der Waals surface area contributed by atoms with Crippen LogP contribution in [-0.2, 0) is 4.74 Å². The van der Waals surface area contributed by atoms with Crippen LogP contribution in [-0.4, -0.2) is 35.1 Å². The lowest BCUT2D eigenvalue weighted by Crippen LogP contribution is -2.14. The number of carbonyl (C=O) groups excluding carboxylic acids is 1. The molecule has 0 spiro atoms. The number of rotatable bonds is 4. The molecule has 5 heterocycles. The van der Waals surface area contributed by atoms with Crippen LogP contribution in [0.5, 0.6) is 0 Å². The van der Waals surface area contributed by atoms with Gasteiger partial charge in [-0.3, -0.25) is 0 Å². The lowest BCUT2D eigenvalue weighted by atomic mass is 10.3. The predicted octanol–water partition coefficient (Wildman–Crippen LogP) is 7.96. The van der Waals surface area contributed by atoms with Gasteiger partial charge in [0.2, 0.25) is 0 Å². The predicted molar refractivity (Wildman–Crippen MR) is 139 cm³/mol. The van der Waals surface area contributed by atoms with Crippen molar-refractivity contribution in [2.24, 2.45) is 0 Å². The van der Waals surface area contributed by atoms with Crippen LogP contribution in [0.3, 0.4) is 0 Å². The molecule has 0 N–H and O–H groups in total. The molecule has 148 valence electrons. The molecule has 4 aliphatic rings. The number of thiophene rings is 1. The molecule has 0 unspecified atom stereocenters. The molecule has 1 aromatic heterocycles. The summed E-state index contributed by atoms with van der Waals surface area (Å²) in [6.45, 7) is 0.500. The second-order valence-electron chi connectivity index (χ2n) is 5.78. The molecule has 28 heavy (non-hydrogen) atoms. The second-order valence-corrected chi connectivity index (χ2v) is 16.9. The highest BCUT2D eigenvalue weighted by atomic mass is 32.3. The fraction of sp³-hybridized carbons (Fsp3) is 0.353. The summed E-state index contributed by atoms with van der Waals surface area (Å²) >= 11 is 17.3. The van der Waals surface area contributed by atoms with Crippen LogP contribution in [0, 0.1) is 0 Å². The Morgan fingerprint density at radius 3 is 2.29 bits per heavy atom. The first-order valence-electron chi connectivity index (χ1n) is 8.46. The first-order chi connectivity index (χ1) is 13.8. The zero-order valence-electron chi connectivity index (χ0n) is 14.3. The molecule has 1 atom stereocenters. The molecule has 5 rings (SSSR count). The van der Waals surface area contributed by atoms with Crippen molar-refractivity contribution in [3.63, 3.8) is 0 Å². The van der Waals surface area contributed by atoms with E-state index in [1.54, 1.807) is 0 Å². The number of thioether (sulfide) groups is 8. The number of ether oxygens (including phenoxy) is 1. The SMILES string of the molecule is O=C(OCC[C@@H]1CSC2=C(SC(=C3SC4=C(SCCS4)S3)S2)S1)c1cccs1. The lowest BCUT2D eigenvalue weighted by molar-refractivity contribution is 0.0507. The second kappa shape index (κ2) is 9.77. The number of esters is 1. The summed E-state index contributed by atoms with van der Waals surface area (Å²) in [6, 6.07) is 3.70. The van der Waals surface area contributed by atoms with Gasteiger partial charge in [-0.25, -0.2) is 4.79 Å². The molecular formula is C17H14O2S9. The van der Waals surface area contributed by atoms with Crippen molar-refractivity contribution < 1.29 is 9.53 Å². The summed E-state index contributed by atoms with van der Waals surface area (Å²) in [6.07, 6.45) is 0.912. The van der Waals surface area contributed by atoms with Gasteiger partial charge in [-0.2, -0.15) is 0 Å². The quantitative estimate of drug-likeness (QED) is 0.351. The highest BCUT2D eigenvalue weighted by Gasteiger charge is 2.34.